The number of amides is 1. The van der Waals surface area contributed by atoms with E-state index in [9.17, 15) is 4.79 Å². The molecule has 0 aromatic heterocycles. The summed E-state index contributed by atoms with van der Waals surface area (Å²) in [5.41, 5.74) is 7.18. The Kier molecular flexibility index (Phi) is 6.24. The van der Waals surface area contributed by atoms with Gasteiger partial charge in [-0.3, -0.25) is 4.79 Å². The predicted octanol–water partition coefficient (Wildman–Crippen LogP) is 3.26. The van der Waals surface area contributed by atoms with Crippen molar-refractivity contribution < 1.29 is 9.53 Å². The van der Waals surface area contributed by atoms with E-state index in [1.54, 1.807) is 0 Å². The molecule has 3 N–H and O–H groups in total. The summed E-state index contributed by atoms with van der Waals surface area (Å²) < 4.78 is 6.17. The van der Waals surface area contributed by atoms with Gasteiger partial charge in [0.1, 0.15) is 5.75 Å². The molecule has 2 aromatic rings. The van der Waals surface area contributed by atoms with Crippen molar-refractivity contribution in [2.45, 2.75) is 13.1 Å². The second-order valence-electron chi connectivity index (χ2n) is 4.74. The lowest BCUT2D eigenvalue weighted by molar-refractivity contribution is -0.119. The Labute approximate surface area is 142 Å². The van der Waals surface area contributed by atoms with Gasteiger partial charge in [0.2, 0.25) is 0 Å². The normalized spacial score (nSPS) is 10.5. The maximum Gasteiger partial charge on any atom is 0.255 e. The number of rotatable bonds is 7. The van der Waals surface area contributed by atoms with Crippen LogP contribution in [-0.2, 0) is 17.9 Å². The molecule has 0 spiro atoms. The molecule has 2 rings (SSSR count). The third-order valence-electron chi connectivity index (χ3n) is 2.96. The first kappa shape index (κ1) is 16.8. The zero-order valence-corrected chi connectivity index (χ0v) is 14.2. The number of carbonyl (C=O) groups excluding carboxylic acids is 1. The molecule has 0 aliphatic carbocycles. The lowest BCUT2D eigenvalue weighted by atomic mass is 10.2. The van der Waals surface area contributed by atoms with E-state index >= 15 is 0 Å². The van der Waals surface area contributed by atoms with Crippen molar-refractivity contribution in [1.82, 2.24) is 5.32 Å². The van der Waals surface area contributed by atoms with Crippen LogP contribution in [0.3, 0.4) is 0 Å². The molecule has 4 nitrogen and oxygen atoms in total. The van der Waals surface area contributed by atoms with E-state index in [0.29, 0.717) is 18.8 Å². The van der Waals surface area contributed by atoms with Crippen molar-refractivity contribution in [2.24, 2.45) is 5.73 Å². The molecule has 22 heavy (non-hydrogen) atoms. The monoisotopic (exact) mass is 382 g/mol. The summed E-state index contributed by atoms with van der Waals surface area (Å²) >= 11 is 9.55. The third kappa shape index (κ3) is 5.33. The lowest BCUT2D eigenvalue weighted by Gasteiger charge is -2.08. The average molecular weight is 384 g/mol. The van der Waals surface area contributed by atoms with Gasteiger partial charge in [-0.05, 0) is 35.4 Å². The molecule has 0 saturated carbocycles. The zero-order valence-electron chi connectivity index (χ0n) is 11.8. The van der Waals surface area contributed by atoms with Gasteiger partial charge < -0.3 is 15.8 Å². The van der Waals surface area contributed by atoms with Crippen molar-refractivity contribution in [1.29, 1.82) is 0 Å². The molecule has 0 heterocycles. The van der Waals surface area contributed by atoms with Gasteiger partial charge >= 0.3 is 0 Å². The lowest BCUT2D eigenvalue weighted by Crippen LogP contribution is -2.20. The SMILES string of the molecule is NC(=O)COc1ccc(CNCc2ccc(Br)cc2Cl)cc1. The fraction of sp³-hybridized carbons (Fsp3) is 0.188. The van der Waals surface area contributed by atoms with Gasteiger partial charge in [-0.25, -0.2) is 0 Å². The predicted molar refractivity (Wildman–Crippen MR) is 90.8 cm³/mol. The van der Waals surface area contributed by atoms with Crippen LogP contribution in [0.4, 0.5) is 0 Å². The molecular weight excluding hydrogens is 368 g/mol. The van der Waals surface area contributed by atoms with Crippen LogP contribution in [0.15, 0.2) is 46.9 Å². The van der Waals surface area contributed by atoms with Gasteiger partial charge in [0, 0.05) is 22.6 Å². The van der Waals surface area contributed by atoms with Gasteiger partial charge in [0.25, 0.3) is 5.91 Å². The highest BCUT2D eigenvalue weighted by Gasteiger charge is 2.02. The number of nitrogens with one attached hydrogen (secondary N) is 1. The standard InChI is InChI=1S/C16H16BrClN2O2/c17-13-4-3-12(15(18)7-13)9-20-8-11-1-5-14(6-2-11)22-10-16(19)21/h1-7,20H,8-10H2,(H2,19,21). The fourth-order valence-corrected chi connectivity index (χ4v) is 2.60. The molecule has 0 bridgehead atoms. The number of carbonyl (C=O) groups is 1. The largest absolute Gasteiger partial charge is 0.484 e. The second-order valence-corrected chi connectivity index (χ2v) is 6.06. The number of hydrogen-bond donors (Lipinski definition) is 2. The van der Waals surface area contributed by atoms with E-state index < -0.39 is 5.91 Å². The molecule has 6 heteroatoms. The molecule has 1 amide bonds. The first-order chi connectivity index (χ1) is 10.5. The van der Waals surface area contributed by atoms with Crippen molar-refractivity contribution >= 4 is 33.4 Å². The summed E-state index contributed by atoms with van der Waals surface area (Å²) in [5, 5.41) is 4.07. The maximum atomic E-state index is 10.6. The summed E-state index contributed by atoms with van der Waals surface area (Å²) in [7, 11) is 0. The number of halogens is 2. The van der Waals surface area contributed by atoms with E-state index in [1.165, 1.54) is 0 Å². The number of primary amides is 1. The Morgan fingerprint density at radius 1 is 1.18 bits per heavy atom. The van der Waals surface area contributed by atoms with Crippen molar-refractivity contribution in [3.05, 3.63) is 63.1 Å². The molecule has 0 fully saturated rings. The number of ether oxygens (including phenoxy) is 1. The zero-order chi connectivity index (χ0) is 15.9. The molecule has 0 aliphatic heterocycles. The van der Waals surface area contributed by atoms with Crippen molar-refractivity contribution in [3.63, 3.8) is 0 Å². The molecule has 2 aromatic carbocycles. The molecule has 0 aliphatic rings. The highest BCUT2D eigenvalue weighted by Crippen LogP contribution is 2.21. The van der Waals surface area contributed by atoms with E-state index in [-0.39, 0.29) is 6.61 Å². The van der Waals surface area contributed by atoms with Crippen molar-refractivity contribution in [2.75, 3.05) is 6.61 Å². The molecule has 0 radical (unpaired) electrons. The van der Waals surface area contributed by atoms with Gasteiger partial charge in [0.05, 0.1) is 0 Å². The van der Waals surface area contributed by atoms with E-state index in [1.807, 2.05) is 42.5 Å². The first-order valence-electron chi connectivity index (χ1n) is 6.69. The quantitative estimate of drug-likeness (QED) is 0.771. The minimum atomic E-state index is -0.489. The minimum Gasteiger partial charge on any atom is -0.484 e. The second kappa shape index (κ2) is 8.17. The molecular formula is C16H16BrClN2O2. The van der Waals surface area contributed by atoms with Crippen LogP contribution < -0.4 is 15.8 Å². The highest BCUT2D eigenvalue weighted by atomic mass is 79.9. The minimum absolute atomic E-state index is 0.111. The maximum absolute atomic E-state index is 10.6. The van der Waals surface area contributed by atoms with Crippen LogP contribution >= 0.6 is 27.5 Å². The number of hydrogen-bond acceptors (Lipinski definition) is 3. The van der Waals surface area contributed by atoms with E-state index in [0.717, 1.165) is 20.6 Å². The smallest absolute Gasteiger partial charge is 0.255 e. The molecule has 0 atom stereocenters. The summed E-state index contributed by atoms with van der Waals surface area (Å²) in [6.07, 6.45) is 0. The van der Waals surface area contributed by atoms with E-state index in [2.05, 4.69) is 21.2 Å². The number of benzene rings is 2. The van der Waals surface area contributed by atoms with Crippen LogP contribution in [0.1, 0.15) is 11.1 Å². The summed E-state index contributed by atoms with van der Waals surface area (Å²) in [4.78, 5) is 10.6. The van der Waals surface area contributed by atoms with Gasteiger partial charge in [-0.15, -0.1) is 0 Å². The van der Waals surface area contributed by atoms with E-state index in [4.69, 9.17) is 22.1 Å². The van der Waals surface area contributed by atoms with Gasteiger partial charge in [-0.2, -0.15) is 0 Å². The Bertz CT molecular complexity index is 647. The summed E-state index contributed by atoms with van der Waals surface area (Å²) in [6, 6.07) is 13.3. The summed E-state index contributed by atoms with van der Waals surface area (Å²) in [6.45, 7) is 1.29. The average Bonchev–Trinajstić information content (AvgIpc) is 2.48. The highest BCUT2D eigenvalue weighted by molar-refractivity contribution is 9.10. The Balaban J connectivity index is 1.82. The van der Waals surface area contributed by atoms with Crippen LogP contribution in [0.25, 0.3) is 0 Å². The summed E-state index contributed by atoms with van der Waals surface area (Å²) in [5.74, 6) is 0.135. The number of nitrogens with two attached hydrogens (primary N) is 1. The van der Waals surface area contributed by atoms with Crippen LogP contribution in [0, 0.1) is 0 Å². The first-order valence-corrected chi connectivity index (χ1v) is 7.86. The fourth-order valence-electron chi connectivity index (χ4n) is 1.86. The Hall–Kier alpha value is -1.56. The van der Waals surface area contributed by atoms with Crippen molar-refractivity contribution in [3.8, 4) is 5.75 Å². The van der Waals surface area contributed by atoms with Crippen LogP contribution in [0.2, 0.25) is 5.02 Å². The van der Waals surface area contributed by atoms with Crippen LogP contribution in [0.5, 0.6) is 5.75 Å². The Morgan fingerprint density at radius 3 is 2.55 bits per heavy atom. The molecule has 116 valence electrons. The van der Waals surface area contributed by atoms with Crippen LogP contribution in [-0.4, -0.2) is 12.5 Å². The topological polar surface area (TPSA) is 64.4 Å². The van der Waals surface area contributed by atoms with Gasteiger partial charge in [-0.1, -0.05) is 45.7 Å². The van der Waals surface area contributed by atoms with Gasteiger partial charge in [0.15, 0.2) is 6.61 Å². The molecule has 0 saturated heterocycles. The Morgan fingerprint density at radius 2 is 1.91 bits per heavy atom. The third-order valence-corrected chi connectivity index (χ3v) is 3.81. The molecule has 0 unspecified atom stereocenters.